The predicted molar refractivity (Wildman–Crippen MR) is 85.7 cm³/mol. The molecule has 0 spiro atoms. The first-order chi connectivity index (χ1) is 9.88. The van der Waals surface area contributed by atoms with Crippen molar-refractivity contribution >= 4 is 5.97 Å². The van der Waals surface area contributed by atoms with Gasteiger partial charge in [-0.2, -0.15) is 0 Å². The first kappa shape index (κ1) is 17.3. The van der Waals surface area contributed by atoms with E-state index in [4.69, 9.17) is 9.47 Å². The van der Waals surface area contributed by atoms with Gasteiger partial charge in [0.2, 0.25) is 0 Å². The molecule has 0 aliphatic heterocycles. The van der Waals surface area contributed by atoms with Crippen molar-refractivity contribution in [3.05, 3.63) is 42.5 Å². The Labute approximate surface area is 128 Å². The highest BCUT2D eigenvalue weighted by Crippen LogP contribution is 2.22. The average Bonchev–Trinajstić information content (AvgIpc) is 2.46. The normalized spacial score (nSPS) is 12.6. The van der Waals surface area contributed by atoms with Crippen molar-refractivity contribution in [3.63, 3.8) is 0 Å². The number of carbonyl (C=O) groups is 1. The molecule has 1 aromatic rings. The van der Waals surface area contributed by atoms with Gasteiger partial charge in [-0.25, -0.2) is 4.79 Å². The standard InChI is InChI=1S/C18H26O3/c1-6-14(2)8-7-13-18(3,4)21-17(19)15-9-11-16(20-5)12-10-15/h6,9-12,14H,1,7-8,13H2,2-5H3. The van der Waals surface area contributed by atoms with E-state index in [0.717, 1.165) is 25.0 Å². The summed E-state index contributed by atoms with van der Waals surface area (Å²) in [4.78, 5) is 12.1. The highest BCUT2D eigenvalue weighted by Gasteiger charge is 2.23. The molecule has 0 aliphatic rings. The number of allylic oxidation sites excluding steroid dienone is 1. The third-order valence-electron chi connectivity index (χ3n) is 3.54. The lowest BCUT2D eigenvalue weighted by Gasteiger charge is -2.25. The zero-order valence-corrected chi connectivity index (χ0v) is 13.5. The van der Waals surface area contributed by atoms with Crippen molar-refractivity contribution in [3.8, 4) is 5.75 Å². The first-order valence-electron chi connectivity index (χ1n) is 7.38. The molecule has 1 atom stereocenters. The van der Waals surface area contributed by atoms with E-state index < -0.39 is 5.60 Å². The Bertz CT molecular complexity index is 460. The molecule has 0 aliphatic carbocycles. The van der Waals surface area contributed by atoms with Gasteiger partial charge in [-0.1, -0.05) is 13.0 Å². The quantitative estimate of drug-likeness (QED) is 0.517. The van der Waals surface area contributed by atoms with Crippen molar-refractivity contribution in [1.82, 2.24) is 0 Å². The Morgan fingerprint density at radius 3 is 2.48 bits per heavy atom. The molecular formula is C18H26O3. The topological polar surface area (TPSA) is 35.5 Å². The summed E-state index contributed by atoms with van der Waals surface area (Å²) in [5.41, 5.74) is 0.0843. The van der Waals surface area contributed by atoms with Crippen molar-refractivity contribution in [2.24, 2.45) is 5.92 Å². The van der Waals surface area contributed by atoms with Crippen LogP contribution in [0.25, 0.3) is 0 Å². The van der Waals surface area contributed by atoms with E-state index in [1.807, 2.05) is 19.9 Å². The molecular weight excluding hydrogens is 264 g/mol. The molecule has 0 fully saturated rings. The molecule has 116 valence electrons. The minimum atomic E-state index is -0.460. The average molecular weight is 290 g/mol. The van der Waals surface area contributed by atoms with Crippen LogP contribution in [0.3, 0.4) is 0 Å². The molecule has 0 amide bonds. The maximum atomic E-state index is 12.1. The number of carbonyl (C=O) groups excluding carboxylic acids is 1. The Kier molecular flexibility index (Phi) is 6.47. The number of hydrogen-bond donors (Lipinski definition) is 0. The molecule has 0 heterocycles. The lowest BCUT2D eigenvalue weighted by molar-refractivity contribution is -0.00565. The molecule has 3 heteroatoms. The van der Waals surface area contributed by atoms with Crippen LogP contribution in [0.15, 0.2) is 36.9 Å². The zero-order chi connectivity index (χ0) is 15.9. The monoisotopic (exact) mass is 290 g/mol. The molecule has 0 aromatic heterocycles. The van der Waals surface area contributed by atoms with Crippen LogP contribution in [0.5, 0.6) is 5.75 Å². The second kappa shape index (κ2) is 7.87. The van der Waals surface area contributed by atoms with Crippen molar-refractivity contribution in [2.45, 2.75) is 45.6 Å². The fourth-order valence-corrected chi connectivity index (χ4v) is 2.06. The summed E-state index contributed by atoms with van der Waals surface area (Å²) in [6.45, 7) is 9.83. The Morgan fingerprint density at radius 1 is 1.33 bits per heavy atom. The molecule has 1 unspecified atom stereocenters. The van der Waals surface area contributed by atoms with Gasteiger partial charge < -0.3 is 9.47 Å². The maximum absolute atomic E-state index is 12.1. The lowest BCUT2D eigenvalue weighted by atomic mass is 9.96. The van der Waals surface area contributed by atoms with E-state index in [2.05, 4.69) is 13.5 Å². The van der Waals surface area contributed by atoms with Crippen LogP contribution in [0.4, 0.5) is 0 Å². The summed E-state index contributed by atoms with van der Waals surface area (Å²) in [5.74, 6) is 0.932. The molecule has 3 nitrogen and oxygen atoms in total. The second-order valence-electron chi connectivity index (χ2n) is 5.98. The van der Waals surface area contributed by atoms with E-state index in [9.17, 15) is 4.79 Å². The Hall–Kier alpha value is -1.77. The van der Waals surface area contributed by atoms with Gasteiger partial charge in [0, 0.05) is 0 Å². The van der Waals surface area contributed by atoms with E-state index in [0.29, 0.717) is 11.5 Å². The summed E-state index contributed by atoms with van der Waals surface area (Å²) >= 11 is 0. The fourth-order valence-electron chi connectivity index (χ4n) is 2.06. The van der Waals surface area contributed by atoms with E-state index in [1.54, 1.807) is 31.4 Å². The second-order valence-corrected chi connectivity index (χ2v) is 5.98. The van der Waals surface area contributed by atoms with Gasteiger partial charge in [0.15, 0.2) is 0 Å². The highest BCUT2D eigenvalue weighted by molar-refractivity contribution is 5.89. The third-order valence-corrected chi connectivity index (χ3v) is 3.54. The van der Waals surface area contributed by atoms with Gasteiger partial charge in [-0.3, -0.25) is 0 Å². The summed E-state index contributed by atoms with van der Waals surface area (Å²) in [6.07, 6.45) is 4.87. The largest absolute Gasteiger partial charge is 0.497 e. The number of esters is 1. The number of hydrogen-bond acceptors (Lipinski definition) is 3. The Morgan fingerprint density at radius 2 is 1.95 bits per heavy atom. The van der Waals surface area contributed by atoms with E-state index in [1.165, 1.54) is 0 Å². The van der Waals surface area contributed by atoms with Crippen LogP contribution in [-0.4, -0.2) is 18.7 Å². The minimum absolute atomic E-state index is 0.292. The first-order valence-corrected chi connectivity index (χ1v) is 7.38. The molecule has 0 saturated carbocycles. The molecule has 1 rings (SSSR count). The molecule has 1 aromatic carbocycles. The van der Waals surface area contributed by atoms with Crippen LogP contribution < -0.4 is 4.74 Å². The van der Waals surface area contributed by atoms with Gasteiger partial charge >= 0.3 is 5.97 Å². The van der Waals surface area contributed by atoms with Crippen LogP contribution >= 0.6 is 0 Å². The number of ether oxygens (including phenoxy) is 2. The third kappa shape index (κ3) is 6.03. The van der Waals surface area contributed by atoms with Gasteiger partial charge in [0.25, 0.3) is 0 Å². The van der Waals surface area contributed by atoms with Gasteiger partial charge in [0.1, 0.15) is 11.4 Å². The SMILES string of the molecule is C=CC(C)CCCC(C)(C)OC(=O)c1ccc(OC)cc1. The van der Waals surface area contributed by atoms with E-state index in [-0.39, 0.29) is 5.97 Å². The van der Waals surface area contributed by atoms with Crippen LogP contribution in [0.2, 0.25) is 0 Å². The Balaban J connectivity index is 2.52. The number of rotatable bonds is 8. The molecule has 21 heavy (non-hydrogen) atoms. The van der Waals surface area contributed by atoms with Crippen molar-refractivity contribution < 1.29 is 14.3 Å². The number of methoxy groups -OCH3 is 1. The minimum Gasteiger partial charge on any atom is -0.497 e. The molecule has 0 bridgehead atoms. The van der Waals surface area contributed by atoms with Crippen LogP contribution in [-0.2, 0) is 4.74 Å². The predicted octanol–water partition coefficient (Wildman–Crippen LogP) is 4.62. The number of benzene rings is 1. The zero-order valence-electron chi connectivity index (χ0n) is 13.5. The molecule has 0 saturated heterocycles. The van der Waals surface area contributed by atoms with Crippen LogP contribution in [0, 0.1) is 5.92 Å². The summed E-state index contributed by atoms with van der Waals surface area (Å²) in [7, 11) is 1.60. The van der Waals surface area contributed by atoms with E-state index >= 15 is 0 Å². The van der Waals surface area contributed by atoms with Gasteiger partial charge in [0.05, 0.1) is 12.7 Å². The van der Waals surface area contributed by atoms with Crippen molar-refractivity contribution in [1.29, 1.82) is 0 Å². The summed E-state index contributed by atoms with van der Waals surface area (Å²) in [6, 6.07) is 6.96. The van der Waals surface area contributed by atoms with Gasteiger partial charge in [-0.05, 0) is 63.3 Å². The fraction of sp³-hybridized carbons (Fsp3) is 0.500. The van der Waals surface area contributed by atoms with Gasteiger partial charge in [-0.15, -0.1) is 6.58 Å². The van der Waals surface area contributed by atoms with Crippen LogP contribution in [0.1, 0.15) is 50.4 Å². The summed E-state index contributed by atoms with van der Waals surface area (Å²) < 4.78 is 10.7. The lowest BCUT2D eigenvalue weighted by Crippen LogP contribution is -2.28. The highest BCUT2D eigenvalue weighted by atomic mass is 16.6. The maximum Gasteiger partial charge on any atom is 0.338 e. The summed E-state index contributed by atoms with van der Waals surface area (Å²) in [5, 5.41) is 0. The van der Waals surface area contributed by atoms with Crippen molar-refractivity contribution in [2.75, 3.05) is 7.11 Å². The molecule has 0 N–H and O–H groups in total. The molecule has 0 radical (unpaired) electrons. The smallest absolute Gasteiger partial charge is 0.338 e.